The fourth-order valence-electron chi connectivity index (χ4n) is 4.73. The van der Waals surface area contributed by atoms with Crippen LogP contribution in [-0.4, -0.2) is 27.0 Å². The Morgan fingerprint density at radius 1 is 0.821 bits per heavy atom. The SMILES string of the molecule is O=C(NCCc1ccccc1)c1ccc2c(c1)nc(COc1ccc3ccccc3c1)n2Cc1ccccn1. The van der Waals surface area contributed by atoms with Crippen molar-refractivity contribution in [3.63, 3.8) is 0 Å². The van der Waals surface area contributed by atoms with Crippen LogP contribution in [0.1, 0.15) is 27.4 Å². The van der Waals surface area contributed by atoms with Crippen molar-refractivity contribution in [1.82, 2.24) is 19.9 Å². The number of ether oxygens (including phenoxy) is 1. The van der Waals surface area contributed by atoms with Crippen molar-refractivity contribution in [2.24, 2.45) is 0 Å². The molecule has 2 heterocycles. The molecule has 1 amide bonds. The Kier molecular flexibility index (Phi) is 6.99. The molecule has 0 atom stereocenters. The molecule has 0 aliphatic carbocycles. The summed E-state index contributed by atoms with van der Waals surface area (Å²) in [6.07, 6.45) is 2.57. The highest BCUT2D eigenvalue weighted by Gasteiger charge is 2.15. The van der Waals surface area contributed by atoms with Crippen molar-refractivity contribution in [3.05, 3.63) is 138 Å². The third-order valence-corrected chi connectivity index (χ3v) is 6.77. The summed E-state index contributed by atoms with van der Waals surface area (Å²) in [6, 6.07) is 36.0. The van der Waals surface area contributed by atoms with Gasteiger partial charge >= 0.3 is 0 Å². The van der Waals surface area contributed by atoms with E-state index in [9.17, 15) is 4.79 Å². The molecular formula is C33H28N4O2. The first-order chi connectivity index (χ1) is 19.2. The minimum absolute atomic E-state index is 0.110. The van der Waals surface area contributed by atoms with Gasteiger partial charge in [-0.3, -0.25) is 9.78 Å². The Hall–Kier alpha value is -4.97. The van der Waals surface area contributed by atoms with E-state index in [2.05, 4.69) is 45.2 Å². The minimum atomic E-state index is -0.110. The molecule has 0 aliphatic heterocycles. The Morgan fingerprint density at radius 2 is 1.64 bits per heavy atom. The Bertz CT molecular complexity index is 1730. The third-order valence-electron chi connectivity index (χ3n) is 6.77. The molecule has 0 saturated carbocycles. The highest BCUT2D eigenvalue weighted by atomic mass is 16.5. The number of carbonyl (C=O) groups is 1. The fraction of sp³-hybridized carbons (Fsp3) is 0.121. The second-order valence-corrected chi connectivity index (χ2v) is 9.43. The molecule has 1 N–H and O–H groups in total. The van der Waals surface area contributed by atoms with E-state index in [4.69, 9.17) is 9.72 Å². The summed E-state index contributed by atoms with van der Waals surface area (Å²) in [7, 11) is 0. The molecule has 0 unspecified atom stereocenters. The molecule has 0 spiro atoms. The van der Waals surface area contributed by atoms with Crippen LogP contribution >= 0.6 is 0 Å². The highest BCUT2D eigenvalue weighted by Crippen LogP contribution is 2.24. The first-order valence-electron chi connectivity index (χ1n) is 13.1. The Balaban J connectivity index is 1.24. The molecule has 6 aromatic rings. The average molecular weight is 513 g/mol. The number of hydrogen-bond acceptors (Lipinski definition) is 4. The molecule has 192 valence electrons. The van der Waals surface area contributed by atoms with Crippen LogP contribution < -0.4 is 10.1 Å². The summed E-state index contributed by atoms with van der Waals surface area (Å²) < 4.78 is 8.30. The Labute approximate surface area is 226 Å². The zero-order chi connectivity index (χ0) is 26.4. The zero-order valence-corrected chi connectivity index (χ0v) is 21.5. The van der Waals surface area contributed by atoms with E-state index in [1.807, 2.05) is 78.9 Å². The van der Waals surface area contributed by atoms with E-state index >= 15 is 0 Å². The quantitative estimate of drug-likeness (QED) is 0.251. The molecule has 0 radical (unpaired) electrons. The lowest BCUT2D eigenvalue weighted by Crippen LogP contribution is -2.25. The highest BCUT2D eigenvalue weighted by molar-refractivity contribution is 5.97. The molecule has 6 nitrogen and oxygen atoms in total. The molecule has 6 heteroatoms. The summed E-state index contributed by atoms with van der Waals surface area (Å²) in [6.45, 7) is 1.41. The van der Waals surface area contributed by atoms with E-state index < -0.39 is 0 Å². The van der Waals surface area contributed by atoms with E-state index in [1.165, 1.54) is 10.9 Å². The maximum absolute atomic E-state index is 12.9. The molecule has 0 saturated heterocycles. The summed E-state index contributed by atoms with van der Waals surface area (Å²) in [5, 5.41) is 5.32. The molecular weight excluding hydrogens is 484 g/mol. The van der Waals surface area contributed by atoms with Crippen molar-refractivity contribution in [2.75, 3.05) is 6.54 Å². The van der Waals surface area contributed by atoms with Gasteiger partial charge in [0.1, 0.15) is 18.2 Å². The van der Waals surface area contributed by atoms with Gasteiger partial charge in [0, 0.05) is 18.3 Å². The second-order valence-electron chi connectivity index (χ2n) is 9.43. The summed E-state index contributed by atoms with van der Waals surface area (Å²) in [5.41, 5.74) is 4.38. The van der Waals surface area contributed by atoms with Gasteiger partial charge in [0.2, 0.25) is 0 Å². The van der Waals surface area contributed by atoms with Crippen molar-refractivity contribution >= 4 is 27.7 Å². The predicted molar refractivity (Wildman–Crippen MR) is 154 cm³/mol. The number of benzene rings is 4. The summed E-state index contributed by atoms with van der Waals surface area (Å²) in [4.78, 5) is 22.3. The fourth-order valence-corrected chi connectivity index (χ4v) is 4.73. The number of carbonyl (C=O) groups excluding carboxylic acids is 1. The number of pyridine rings is 1. The summed E-state index contributed by atoms with van der Waals surface area (Å²) >= 11 is 0. The minimum Gasteiger partial charge on any atom is -0.486 e. The lowest BCUT2D eigenvalue weighted by atomic mass is 10.1. The van der Waals surface area contributed by atoms with Crippen LogP contribution in [0, 0.1) is 0 Å². The van der Waals surface area contributed by atoms with Crippen molar-refractivity contribution in [2.45, 2.75) is 19.6 Å². The topological polar surface area (TPSA) is 69.0 Å². The number of fused-ring (bicyclic) bond motifs is 2. The first kappa shape index (κ1) is 24.4. The van der Waals surface area contributed by atoms with Crippen molar-refractivity contribution < 1.29 is 9.53 Å². The maximum atomic E-state index is 12.9. The Morgan fingerprint density at radius 3 is 2.49 bits per heavy atom. The van der Waals surface area contributed by atoms with E-state index in [0.29, 0.717) is 25.3 Å². The largest absolute Gasteiger partial charge is 0.486 e. The number of rotatable bonds is 9. The zero-order valence-electron chi connectivity index (χ0n) is 21.5. The van der Waals surface area contributed by atoms with Gasteiger partial charge in [-0.05, 0) is 65.2 Å². The van der Waals surface area contributed by atoms with Gasteiger partial charge in [-0.1, -0.05) is 66.7 Å². The lowest BCUT2D eigenvalue weighted by Gasteiger charge is -2.11. The van der Waals surface area contributed by atoms with E-state index in [1.54, 1.807) is 6.20 Å². The number of nitrogens with zero attached hydrogens (tertiary/aromatic N) is 3. The van der Waals surface area contributed by atoms with Gasteiger partial charge < -0.3 is 14.6 Å². The molecule has 0 aliphatic rings. The van der Waals surface area contributed by atoms with Gasteiger partial charge in [-0.15, -0.1) is 0 Å². The van der Waals surface area contributed by atoms with Crippen LogP contribution in [-0.2, 0) is 19.6 Å². The van der Waals surface area contributed by atoms with Gasteiger partial charge in [-0.2, -0.15) is 0 Å². The molecule has 6 rings (SSSR count). The average Bonchev–Trinajstić information content (AvgIpc) is 3.33. The predicted octanol–water partition coefficient (Wildman–Crippen LogP) is 6.18. The summed E-state index contributed by atoms with van der Waals surface area (Å²) in [5.74, 6) is 1.44. The van der Waals surface area contributed by atoms with Crippen molar-refractivity contribution in [3.8, 4) is 5.75 Å². The van der Waals surface area contributed by atoms with Crippen LogP contribution in [0.3, 0.4) is 0 Å². The number of hydrogen-bond donors (Lipinski definition) is 1. The number of aromatic nitrogens is 3. The molecule has 39 heavy (non-hydrogen) atoms. The number of nitrogens with one attached hydrogen (secondary N) is 1. The maximum Gasteiger partial charge on any atom is 0.251 e. The van der Waals surface area contributed by atoms with E-state index in [0.717, 1.165) is 40.1 Å². The van der Waals surface area contributed by atoms with Crippen LogP contribution in [0.15, 0.2) is 115 Å². The van der Waals surface area contributed by atoms with Crippen LogP contribution in [0.5, 0.6) is 5.75 Å². The number of imidazole rings is 1. The van der Waals surface area contributed by atoms with Gasteiger partial charge in [-0.25, -0.2) is 4.98 Å². The first-order valence-corrected chi connectivity index (χ1v) is 13.1. The van der Waals surface area contributed by atoms with Gasteiger partial charge in [0.15, 0.2) is 0 Å². The molecule has 0 fully saturated rings. The van der Waals surface area contributed by atoms with Crippen LogP contribution in [0.4, 0.5) is 0 Å². The van der Waals surface area contributed by atoms with Gasteiger partial charge in [0.25, 0.3) is 5.91 Å². The standard InChI is InChI=1S/C33H28N4O2/c38-33(35-19-17-24-8-2-1-3-9-24)27-14-16-31-30(21-27)36-32(37(31)22-28-12-6-7-18-34-28)23-39-29-15-13-25-10-4-5-11-26(25)20-29/h1-16,18,20-21H,17,19,22-23H2,(H,35,38). The second kappa shape index (κ2) is 11.2. The van der Waals surface area contributed by atoms with Crippen LogP contribution in [0.2, 0.25) is 0 Å². The van der Waals surface area contributed by atoms with Crippen LogP contribution in [0.25, 0.3) is 21.8 Å². The monoisotopic (exact) mass is 512 g/mol. The molecule has 0 bridgehead atoms. The smallest absolute Gasteiger partial charge is 0.251 e. The third kappa shape index (κ3) is 5.65. The molecule has 4 aromatic carbocycles. The molecule has 2 aromatic heterocycles. The van der Waals surface area contributed by atoms with Crippen molar-refractivity contribution in [1.29, 1.82) is 0 Å². The number of amides is 1. The van der Waals surface area contributed by atoms with E-state index in [-0.39, 0.29) is 5.91 Å². The normalized spacial score (nSPS) is 11.1. The van der Waals surface area contributed by atoms with Gasteiger partial charge in [0.05, 0.1) is 23.3 Å². The lowest BCUT2D eigenvalue weighted by molar-refractivity contribution is 0.0954.